The van der Waals surface area contributed by atoms with Crippen molar-refractivity contribution in [2.45, 2.75) is 31.7 Å². The molecule has 0 saturated carbocycles. The van der Waals surface area contributed by atoms with Crippen molar-refractivity contribution >= 4 is 0 Å². The minimum atomic E-state index is 0.661. The van der Waals surface area contributed by atoms with Crippen LogP contribution in [0.2, 0.25) is 0 Å². The Bertz CT molecular complexity index is 393. The van der Waals surface area contributed by atoms with Crippen LogP contribution in [0, 0.1) is 12.3 Å². The van der Waals surface area contributed by atoms with Gasteiger partial charge in [0, 0.05) is 25.6 Å². The highest BCUT2D eigenvalue weighted by Crippen LogP contribution is 2.10. The Labute approximate surface area is 117 Å². The summed E-state index contributed by atoms with van der Waals surface area (Å²) in [4.78, 5) is 2.56. The third-order valence-corrected chi connectivity index (χ3v) is 3.76. The van der Waals surface area contributed by atoms with Crippen LogP contribution in [0.4, 0.5) is 0 Å². The number of rotatable bonds is 7. The van der Waals surface area contributed by atoms with Crippen LogP contribution in [-0.2, 0) is 6.42 Å². The highest BCUT2D eigenvalue weighted by molar-refractivity contribution is 5.14. The van der Waals surface area contributed by atoms with Crippen LogP contribution < -0.4 is 5.32 Å². The van der Waals surface area contributed by atoms with Gasteiger partial charge >= 0.3 is 0 Å². The Balaban J connectivity index is 1.61. The zero-order valence-corrected chi connectivity index (χ0v) is 11.6. The zero-order valence-electron chi connectivity index (χ0n) is 11.6. The second kappa shape index (κ2) is 7.99. The molecule has 1 aromatic carbocycles. The fourth-order valence-electron chi connectivity index (χ4n) is 2.63. The molecule has 2 heteroatoms. The molecular formula is C17H24N2. The molecule has 1 heterocycles. The van der Waals surface area contributed by atoms with Gasteiger partial charge in [-0.3, -0.25) is 0 Å². The first-order chi connectivity index (χ1) is 9.38. The average Bonchev–Trinajstić information content (AvgIpc) is 2.91. The maximum atomic E-state index is 5.25. The van der Waals surface area contributed by atoms with Crippen molar-refractivity contribution in [1.82, 2.24) is 10.2 Å². The van der Waals surface area contributed by atoms with Gasteiger partial charge in [-0.05, 0) is 37.9 Å². The SMILES string of the molecule is C#CCCCNC1CCN(CCc2ccccc2)C1. The summed E-state index contributed by atoms with van der Waals surface area (Å²) < 4.78 is 0. The number of terminal acetylenes is 1. The molecule has 0 radical (unpaired) electrons. The lowest BCUT2D eigenvalue weighted by atomic mass is 10.1. The normalized spacial score (nSPS) is 19.4. The van der Waals surface area contributed by atoms with Crippen LogP contribution in [0.15, 0.2) is 30.3 Å². The molecule has 1 aliphatic rings. The number of likely N-dealkylation sites (tertiary alicyclic amines) is 1. The number of nitrogens with zero attached hydrogens (tertiary/aromatic N) is 1. The molecule has 1 N–H and O–H groups in total. The first-order valence-corrected chi connectivity index (χ1v) is 7.31. The number of hydrogen-bond acceptors (Lipinski definition) is 2. The van der Waals surface area contributed by atoms with E-state index < -0.39 is 0 Å². The van der Waals surface area contributed by atoms with E-state index in [9.17, 15) is 0 Å². The van der Waals surface area contributed by atoms with Gasteiger partial charge < -0.3 is 10.2 Å². The van der Waals surface area contributed by atoms with E-state index in [0.717, 1.165) is 25.8 Å². The lowest BCUT2D eigenvalue weighted by Gasteiger charge is -2.16. The molecule has 1 unspecified atom stereocenters. The van der Waals surface area contributed by atoms with E-state index in [1.807, 2.05) is 0 Å². The molecule has 2 rings (SSSR count). The number of nitrogens with one attached hydrogen (secondary N) is 1. The molecule has 1 fully saturated rings. The summed E-state index contributed by atoms with van der Waals surface area (Å²) in [7, 11) is 0. The Morgan fingerprint density at radius 2 is 2.16 bits per heavy atom. The Morgan fingerprint density at radius 1 is 1.32 bits per heavy atom. The van der Waals surface area contributed by atoms with E-state index in [1.54, 1.807) is 0 Å². The van der Waals surface area contributed by atoms with Crippen molar-refractivity contribution < 1.29 is 0 Å². The van der Waals surface area contributed by atoms with Crippen molar-refractivity contribution in [3.05, 3.63) is 35.9 Å². The molecule has 0 aromatic heterocycles. The van der Waals surface area contributed by atoms with Gasteiger partial charge in [-0.15, -0.1) is 12.3 Å². The van der Waals surface area contributed by atoms with Gasteiger partial charge in [-0.1, -0.05) is 30.3 Å². The van der Waals surface area contributed by atoms with Crippen LogP contribution in [0.1, 0.15) is 24.8 Å². The quantitative estimate of drug-likeness (QED) is 0.595. The summed E-state index contributed by atoms with van der Waals surface area (Å²) in [6.45, 7) is 4.64. The number of benzene rings is 1. The van der Waals surface area contributed by atoms with Gasteiger partial charge in [0.2, 0.25) is 0 Å². The van der Waals surface area contributed by atoms with Gasteiger partial charge in [0.1, 0.15) is 0 Å². The average molecular weight is 256 g/mol. The molecule has 1 aliphatic heterocycles. The molecular weight excluding hydrogens is 232 g/mol. The van der Waals surface area contributed by atoms with E-state index in [1.165, 1.54) is 31.6 Å². The summed E-state index contributed by atoms with van der Waals surface area (Å²) in [6, 6.07) is 11.4. The highest BCUT2D eigenvalue weighted by atomic mass is 15.2. The minimum Gasteiger partial charge on any atom is -0.313 e. The van der Waals surface area contributed by atoms with Crippen LogP contribution >= 0.6 is 0 Å². The first kappa shape index (κ1) is 14.1. The topological polar surface area (TPSA) is 15.3 Å². The molecule has 0 spiro atoms. The van der Waals surface area contributed by atoms with Gasteiger partial charge in [-0.25, -0.2) is 0 Å². The Kier molecular flexibility index (Phi) is 5.94. The van der Waals surface area contributed by atoms with E-state index in [4.69, 9.17) is 6.42 Å². The van der Waals surface area contributed by atoms with Crippen molar-refractivity contribution in [3.8, 4) is 12.3 Å². The van der Waals surface area contributed by atoms with E-state index >= 15 is 0 Å². The maximum Gasteiger partial charge on any atom is 0.0207 e. The van der Waals surface area contributed by atoms with Crippen LogP contribution in [0.5, 0.6) is 0 Å². The van der Waals surface area contributed by atoms with E-state index in [0.29, 0.717) is 6.04 Å². The molecule has 0 aliphatic carbocycles. The summed E-state index contributed by atoms with van der Waals surface area (Å²) in [5.41, 5.74) is 1.44. The number of hydrogen-bond donors (Lipinski definition) is 1. The summed E-state index contributed by atoms with van der Waals surface area (Å²) in [5, 5.41) is 3.61. The monoisotopic (exact) mass is 256 g/mol. The molecule has 19 heavy (non-hydrogen) atoms. The summed E-state index contributed by atoms with van der Waals surface area (Å²) in [5.74, 6) is 2.69. The van der Waals surface area contributed by atoms with Gasteiger partial charge in [-0.2, -0.15) is 0 Å². The Morgan fingerprint density at radius 3 is 2.95 bits per heavy atom. The third kappa shape index (κ3) is 5.06. The maximum absolute atomic E-state index is 5.25. The molecule has 1 atom stereocenters. The second-order valence-corrected chi connectivity index (χ2v) is 5.28. The molecule has 1 aromatic rings. The van der Waals surface area contributed by atoms with Crippen molar-refractivity contribution in [3.63, 3.8) is 0 Å². The van der Waals surface area contributed by atoms with Crippen LogP contribution in [0.25, 0.3) is 0 Å². The third-order valence-electron chi connectivity index (χ3n) is 3.76. The van der Waals surface area contributed by atoms with Gasteiger partial charge in [0.05, 0.1) is 0 Å². The largest absolute Gasteiger partial charge is 0.313 e. The fourth-order valence-corrected chi connectivity index (χ4v) is 2.63. The highest BCUT2D eigenvalue weighted by Gasteiger charge is 2.20. The van der Waals surface area contributed by atoms with Gasteiger partial charge in [0.25, 0.3) is 0 Å². The molecule has 0 amide bonds. The van der Waals surface area contributed by atoms with Crippen LogP contribution in [-0.4, -0.2) is 37.1 Å². The minimum absolute atomic E-state index is 0.661. The van der Waals surface area contributed by atoms with Crippen molar-refractivity contribution in [2.24, 2.45) is 0 Å². The molecule has 0 bridgehead atoms. The second-order valence-electron chi connectivity index (χ2n) is 5.28. The zero-order chi connectivity index (χ0) is 13.3. The predicted molar refractivity (Wildman–Crippen MR) is 81.1 cm³/mol. The Hall–Kier alpha value is -1.30. The summed E-state index contributed by atoms with van der Waals surface area (Å²) in [6.07, 6.45) is 9.66. The van der Waals surface area contributed by atoms with E-state index in [-0.39, 0.29) is 0 Å². The molecule has 102 valence electrons. The summed E-state index contributed by atoms with van der Waals surface area (Å²) >= 11 is 0. The predicted octanol–water partition coefficient (Wildman–Crippen LogP) is 2.31. The molecule has 2 nitrogen and oxygen atoms in total. The number of unbranched alkanes of at least 4 members (excludes halogenated alkanes) is 1. The van der Waals surface area contributed by atoms with Gasteiger partial charge in [0.15, 0.2) is 0 Å². The van der Waals surface area contributed by atoms with Crippen molar-refractivity contribution in [2.75, 3.05) is 26.2 Å². The standard InChI is InChI=1S/C17H24N2/c1-2-3-7-12-18-17-11-14-19(15-17)13-10-16-8-5-4-6-9-16/h1,4-6,8-9,17-18H,3,7,10-15H2. The lowest BCUT2D eigenvalue weighted by molar-refractivity contribution is 0.331. The first-order valence-electron chi connectivity index (χ1n) is 7.31. The smallest absolute Gasteiger partial charge is 0.0207 e. The van der Waals surface area contributed by atoms with E-state index in [2.05, 4.69) is 46.5 Å². The fraction of sp³-hybridized carbons (Fsp3) is 0.529. The molecule has 1 saturated heterocycles. The lowest BCUT2D eigenvalue weighted by Crippen LogP contribution is -2.33. The van der Waals surface area contributed by atoms with Crippen molar-refractivity contribution in [1.29, 1.82) is 0 Å². The van der Waals surface area contributed by atoms with Crippen LogP contribution in [0.3, 0.4) is 0 Å².